The quantitative estimate of drug-likeness (QED) is 0.915. The fraction of sp³-hybridized carbons (Fsp3) is 0.500. The number of amides is 2. The minimum Gasteiger partial charge on any atom is -0.358 e. The number of para-hydroxylation sites is 1. The normalized spacial score (nSPS) is 21.9. The second-order valence-corrected chi connectivity index (χ2v) is 7.28. The van der Waals surface area contributed by atoms with Gasteiger partial charge in [0.25, 0.3) is 0 Å². The Balaban J connectivity index is 1.41. The van der Waals surface area contributed by atoms with Gasteiger partial charge in [-0.3, -0.25) is 9.59 Å². The smallest absolute Gasteiger partial charge is 0.245 e. The van der Waals surface area contributed by atoms with Crippen LogP contribution in [-0.2, 0) is 9.59 Å². The van der Waals surface area contributed by atoms with Crippen molar-refractivity contribution < 1.29 is 9.59 Å². The summed E-state index contributed by atoms with van der Waals surface area (Å²) in [5.74, 6) is 0.635. The third-order valence-corrected chi connectivity index (χ3v) is 5.74. The molecule has 0 aliphatic carbocycles. The van der Waals surface area contributed by atoms with E-state index < -0.39 is 0 Å². The van der Waals surface area contributed by atoms with Crippen LogP contribution < -0.4 is 0 Å². The first-order valence-electron chi connectivity index (χ1n) is 9.27. The standard InChI is InChI=1S/C20H25N3O2/c1-14(24)23-10-4-7-19(23)20(25)22-11-8-15(9-12-22)18-13-16-5-2-3-6-17(16)21-18/h2-3,5-6,13,15,19,21H,4,7-12H2,1H3/t19-/m1/s1. The third-order valence-electron chi connectivity index (χ3n) is 5.74. The summed E-state index contributed by atoms with van der Waals surface area (Å²) in [6.07, 6.45) is 3.69. The highest BCUT2D eigenvalue weighted by Gasteiger charge is 2.36. The molecule has 1 atom stereocenters. The van der Waals surface area contributed by atoms with E-state index in [4.69, 9.17) is 0 Å². The van der Waals surface area contributed by atoms with Crippen LogP contribution in [0.2, 0.25) is 0 Å². The van der Waals surface area contributed by atoms with E-state index in [1.807, 2.05) is 11.0 Å². The van der Waals surface area contributed by atoms with Crippen LogP contribution in [0.25, 0.3) is 10.9 Å². The van der Waals surface area contributed by atoms with E-state index >= 15 is 0 Å². The predicted octanol–water partition coefficient (Wildman–Crippen LogP) is 2.88. The van der Waals surface area contributed by atoms with Gasteiger partial charge in [0.2, 0.25) is 11.8 Å². The maximum absolute atomic E-state index is 12.8. The second kappa shape index (κ2) is 6.54. The van der Waals surface area contributed by atoms with Crippen molar-refractivity contribution in [3.05, 3.63) is 36.0 Å². The lowest BCUT2D eigenvalue weighted by Crippen LogP contribution is -2.49. The zero-order chi connectivity index (χ0) is 17.4. The fourth-order valence-corrected chi connectivity index (χ4v) is 4.34. The molecule has 2 fully saturated rings. The van der Waals surface area contributed by atoms with Crippen molar-refractivity contribution in [1.29, 1.82) is 0 Å². The topological polar surface area (TPSA) is 56.4 Å². The number of nitrogens with one attached hydrogen (secondary N) is 1. The lowest BCUT2D eigenvalue weighted by atomic mass is 9.93. The summed E-state index contributed by atoms with van der Waals surface area (Å²) >= 11 is 0. The molecule has 0 saturated carbocycles. The molecule has 25 heavy (non-hydrogen) atoms. The fourth-order valence-electron chi connectivity index (χ4n) is 4.34. The monoisotopic (exact) mass is 339 g/mol. The third kappa shape index (κ3) is 3.03. The summed E-state index contributed by atoms with van der Waals surface area (Å²) in [4.78, 5) is 31.8. The second-order valence-electron chi connectivity index (χ2n) is 7.28. The molecular formula is C20H25N3O2. The van der Waals surface area contributed by atoms with Gasteiger partial charge in [0.05, 0.1) is 0 Å². The lowest BCUT2D eigenvalue weighted by Gasteiger charge is -2.35. The Bertz CT molecular complexity index is 756. The molecule has 2 saturated heterocycles. The molecule has 1 N–H and O–H groups in total. The van der Waals surface area contributed by atoms with Crippen LogP contribution in [0.15, 0.2) is 30.3 Å². The number of carbonyl (C=O) groups excluding carboxylic acids is 2. The summed E-state index contributed by atoms with van der Waals surface area (Å²) in [7, 11) is 0. The maximum atomic E-state index is 12.8. The van der Waals surface area contributed by atoms with Crippen molar-refractivity contribution in [2.45, 2.75) is 44.6 Å². The molecule has 2 aromatic rings. The molecule has 4 rings (SSSR count). The van der Waals surface area contributed by atoms with E-state index in [9.17, 15) is 9.59 Å². The Hall–Kier alpha value is -2.30. The number of carbonyl (C=O) groups is 2. The molecular weight excluding hydrogens is 314 g/mol. The van der Waals surface area contributed by atoms with Gasteiger partial charge in [-0.2, -0.15) is 0 Å². The molecule has 0 radical (unpaired) electrons. The van der Waals surface area contributed by atoms with Gasteiger partial charge in [-0.25, -0.2) is 0 Å². The number of fused-ring (bicyclic) bond motifs is 1. The zero-order valence-electron chi connectivity index (χ0n) is 14.7. The van der Waals surface area contributed by atoms with Crippen LogP contribution >= 0.6 is 0 Å². The Kier molecular flexibility index (Phi) is 4.24. The summed E-state index contributed by atoms with van der Waals surface area (Å²) in [5, 5.41) is 1.25. The van der Waals surface area contributed by atoms with Gasteiger partial charge in [0.1, 0.15) is 6.04 Å². The molecule has 3 heterocycles. The number of H-pyrrole nitrogens is 1. The van der Waals surface area contributed by atoms with Gasteiger partial charge >= 0.3 is 0 Å². The van der Waals surface area contributed by atoms with Gasteiger partial charge in [-0.15, -0.1) is 0 Å². The number of nitrogens with zero attached hydrogens (tertiary/aromatic N) is 2. The molecule has 0 bridgehead atoms. The number of benzene rings is 1. The number of piperidine rings is 1. The van der Waals surface area contributed by atoms with Crippen LogP contribution in [-0.4, -0.2) is 52.3 Å². The summed E-state index contributed by atoms with van der Waals surface area (Å²) in [6, 6.07) is 10.3. The van der Waals surface area contributed by atoms with Crippen molar-refractivity contribution in [2.75, 3.05) is 19.6 Å². The highest BCUT2D eigenvalue weighted by atomic mass is 16.2. The Morgan fingerprint density at radius 1 is 1.08 bits per heavy atom. The number of aromatic amines is 1. The maximum Gasteiger partial charge on any atom is 0.245 e. The number of aromatic nitrogens is 1. The van der Waals surface area contributed by atoms with E-state index in [-0.39, 0.29) is 17.9 Å². The minimum atomic E-state index is -0.234. The van der Waals surface area contributed by atoms with Crippen LogP contribution in [0.3, 0.4) is 0 Å². The Labute approximate surface area is 148 Å². The number of likely N-dealkylation sites (tertiary alicyclic amines) is 2. The van der Waals surface area contributed by atoms with E-state index in [2.05, 4.69) is 29.2 Å². The van der Waals surface area contributed by atoms with Gasteiger partial charge < -0.3 is 14.8 Å². The average Bonchev–Trinajstić information content (AvgIpc) is 3.28. The van der Waals surface area contributed by atoms with Gasteiger partial charge in [0, 0.05) is 43.7 Å². The van der Waals surface area contributed by atoms with Crippen molar-refractivity contribution in [2.24, 2.45) is 0 Å². The SMILES string of the molecule is CC(=O)N1CCC[C@@H]1C(=O)N1CCC(c2cc3ccccc3[nH]2)CC1. The minimum absolute atomic E-state index is 0.0174. The molecule has 2 aliphatic heterocycles. The van der Waals surface area contributed by atoms with Crippen molar-refractivity contribution in [1.82, 2.24) is 14.8 Å². The van der Waals surface area contributed by atoms with E-state index in [1.165, 1.54) is 16.6 Å². The van der Waals surface area contributed by atoms with Crippen LogP contribution in [0, 0.1) is 0 Å². The highest BCUT2D eigenvalue weighted by Crippen LogP contribution is 2.31. The predicted molar refractivity (Wildman–Crippen MR) is 97.3 cm³/mol. The zero-order valence-corrected chi connectivity index (χ0v) is 14.7. The van der Waals surface area contributed by atoms with Gasteiger partial charge in [0.15, 0.2) is 0 Å². The van der Waals surface area contributed by atoms with Crippen molar-refractivity contribution in [3.63, 3.8) is 0 Å². The molecule has 0 spiro atoms. The van der Waals surface area contributed by atoms with Crippen LogP contribution in [0.1, 0.15) is 44.2 Å². The molecule has 5 heteroatoms. The van der Waals surface area contributed by atoms with E-state index in [1.54, 1.807) is 11.8 Å². The first-order valence-corrected chi connectivity index (χ1v) is 9.27. The molecule has 0 unspecified atom stereocenters. The Morgan fingerprint density at radius 3 is 2.56 bits per heavy atom. The number of rotatable bonds is 2. The van der Waals surface area contributed by atoms with E-state index in [0.717, 1.165) is 45.3 Å². The van der Waals surface area contributed by atoms with Crippen LogP contribution in [0.4, 0.5) is 0 Å². The largest absolute Gasteiger partial charge is 0.358 e. The summed E-state index contributed by atoms with van der Waals surface area (Å²) in [6.45, 7) is 3.84. The van der Waals surface area contributed by atoms with Gasteiger partial charge in [-0.05, 0) is 43.2 Å². The Morgan fingerprint density at radius 2 is 1.84 bits per heavy atom. The van der Waals surface area contributed by atoms with Gasteiger partial charge in [-0.1, -0.05) is 18.2 Å². The molecule has 1 aromatic heterocycles. The molecule has 2 aliphatic rings. The average molecular weight is 339 g/mol. The molecule has 2 amide bonds. The molecule has 132 valence electrons. The first-order chi connectivity index (χ1) is 12.1. The van der Waals surface area contributed by atoms with E-state index in [0.29, 0.717) is 5.92 Å². The highest BCUT2D eigenvalue weighted by molar-refractivity contribution is 5.87. The van der Waals surface area contributed by atoms with Crippen LogP contribution in [0.5, 0.6) is 0 Å². The molecule has 5 nitrogen and oxygen atoms in total. The summed E-state index contributed by atoms with van der Waals surface area (Å²) in [5.41, 5.74) is 2.46. The number of hydrogen-bond acceptors (Lipinski definition) is 2. The molecule has 1 aromatic carbocycles. The number of hydrogen-bond donors (Lipinski definition) is 1. The summed E-state index contributed by atoms with van der Waals surface area (Å²) < 4.78 is 0. The lowest BCUT2D eigenvalue weighted by molar-refractivity contribution is -0.143. The van der Waals surface area contributed by atoms with Crippen molar-refractivity contribution >= 4 is 22.7 Å². The first kappa shape index (κ1) is 16.2. The van der Waals surface area contributed by atoms with Crippen molar-refractivity contribution in [3.8, 4) is 0 Å².